The highest BCUT2D eigenvalue weighted by molar-refractivity contribution is 5.44. The summed E-state index contributed by atoms with van der Waals surface area (Å²) in [4.78, 5) is 0. The molecular formula is C14H17N3O2. The monoisotopic (exact) mass is 259 g/mol. The van der Waals surface area contributed by atoms with Crippen LogP contribution in [-0.4, -0.2) is 19.9 Å². The summed E-state index contributed by atoms with van der Waals surface area (Å²) in [5.74, 6) is 2.51. The van der Waals surface area contributed by atoms with Crippen LogP contribution in [0, 0.1) is 6.92 Å². The summed E-state index contributed by atoms with van der Waals surface area (Å²) in [6, 6.07) is 5.83. The number of aryl methyl sites for hydroxylation is 1. The summed E-state index contributed by atoms with van der Waals surface area (Å²) in [7, 11) is 1.92. The van der Waals surface area contributed by atoms with Crippen molar-refractivity contribution in [2.75, 3.05) is 0 Å². The number of aromatic nitrogens is 3. The van der Waals surface area contributed by atoms with Gasteiger partial charge in [0.2, 0.25) is 0 Å². The number of ether oxygens (including phenoxy) is 1. The van der Waals surface area contributed by atoms with Crippen LogP contribution in [0.5, 0.6) is 5.75 Å². The van der Waals surface area contributed by atoms with Crippen LogP contribution >= 0.6 is 0 Å². The summed E-state index contributed by atoms with van der Waals surface area (Å²) in [6.07, 6.45) is 1.29. The van der Waals surface area contributed by atoms with E-state index in [1.165, 1.54) is 0 Å². The Kier molecular flexibility index (Phi) is 2.98. The summed E-state index contributed by atoms with van der Waals surface area (Å²) in [6.45, 7) is 2.30. The molecule has 0 radical (unpaired) electrons. The molecule has 0 fully saturated rings. The molecule has 0 spiro atoms. The highest BCUT2D eigenvalue weighted by Gasteiger charge is 2.23. The maximum absolute atomic E-state index is 9.86. The molecule has 1 heterocycles. The molecule has 1 aliphatic carbocycles. The van der Waals surface area contributed by atoms with E-state index < -0.39 is 0 Å². The Labute approximate surface area is 111 Å². The molecule has 5 nitrogen and oxygen atoms in total. The molecule has 1 N–H and O–H groups in total. The van der Waals surface area contributed by atoms with E-state index >= 15 is 0 Å². The van der Waals surface area contributed by atoms with Crippen LogP contribution in [0.2, 0.25) is 0 Å². The molecular weight excluding hydrogens is 242 g/mol. The third kappa shape index (κ3) is 2.10. The third-order valence-electron chi connectivity index (χ3n) is 3.74. The summed E-state index contributed by atoms with van der Waals surface area (Å²) >= 11 is 0. The Morgan fingerprint density at radius 2 is 2.26 bits per heavy atom. The zero-order valence-corrected chi connectivity index (χ0v) is 11.1. The first-order valence-corrected chi connectivity index (χ1v) is 6.44. The largest absolute Gasteiger partial charge is 0.485 e. The van der Waals surface area contributed by atoms with Gasteiger partial charge in [-0.2, -0.15) is 0 Å². The lowest BCUT2D eigenvalue weighted by Crippen LogP contribution is -2.05. The molecule has 2 aromatic rings. The van der Waals surface area contributed by atoms with Gasteiger partial charge in [-0.15, -0.1) is 10.2 Å². The van der Waals surface area contributed by atoms with Gasteiger partial charge in [0, 0.05) is 12.6 Å². The molecule has 19 heavy (non-hydrogen) atoms. The second-order valence-corrected chi connectivity index (χ2v) is 4.89. The quantitative estimate of drug-likeness (QED) is 0.911. The van der Waals surface area contributed by atoms with Crippen molar-refractivity contribution in [1.29, 1.82) is 0 Å². The molecule has 1 aromatic heterocycles. The van der Waals surface area contributed by atoms with Crippen molar-refractivity contribution < 1.29 is 9.84 Å². The van der Waals surface area contributed by atoms with Crippen molar-refractivity contribution in [3.8, 4) is 5.75 Å². The first-order valence-electron chi connectivity index (χ1n) is 6.44. The molecule has 100 valence electrons. The Balaban J connectivity index is 1.80. The van der Waals surface area contributed by atoms with Gasteiger partial charge in [-0.25, -0.2) is 0 Å². The predicted octanol–water partition coefficient (Wildman–Crippen LogP) is 1.68. The first kappa shape index (κ1) is 12.2. The lowest BCUT2D eigenvalue weighted by molar-refractivity contribution is 0.180. The van der Waals surface area contributed by atoms with Gasteiger partial charge in [0.05, 0.1) is 6.10 Å². The van der Waals surface area contributed by atoms with Crippen molar-refractivity contribution in [3.05, 3.63) is 41.0 Å². The summed E-state index contributed by atoms with van der Waals surface area (Å²) in [5.41, 5.74) is 2.11. The molecule has 0 saturated carbocycles. The maximum Gasteiger partial charge on any atom is 0.170 e. The zero-order valence-electron chi connectivity index (χ0n) is 11.1. The van der Waals surface area contributed by atoms with Gasteiger partial charge in [-0.05, 0) is 31.4 Å². The van der Waals surface area contributed by atoms with E-state index in [1.54, 1.807) is 0 Å². The van der Waals surface area contributed by atoms with Gasteiger partial charge in [0.25, 0.3) is 0 Å². The molecule has 1 aromatic carbocycles. The average Bonchev–Trinajstić information content (AvgIpc) is 2.94. The van der Waals surface area contributed by atoms with Crippen molar-refractivity contribution in [2.24, 2.45) is 7.05 Å². The third-order valence-corrected chi connectivity index (χ3v) is 3.74. The summed E-state index contributed by atoms with van der Waals surface area (Å²) in [5, 5.41) is 17.9. The molecule has 0 bridgehead atoms. The fraction of sp³-hybridized carbons (Fsp3) is 0.429. The van der Waals surface area contributed by atoms with E-state index in [0.29, 0.717) is 6.61 Å². The number of fused-ring (bicyclic) bond motifs is 1. The highest BCUT2D eigenvalue weighted by Crippen LogP contribution is 2.36. The SMILES string of the molecule is Cc1nnc(COc2cccc3c2CCC3O)n1C. The number of hydrogen-bond acceptors (Lipinski definition) is 4. The minimum atomic E-state index is -0.351. The lowest BCUT2D eigenvalue weighted by Gasteiger charge is -2.11. The van der Waals surface area contributed by atoms with E-state index in [9.17, 15) is 5.11 Å². The van der Waals surface area contributed by atoms with E-state index in [-0.39, 0.29) is 6.10 Å². The normalized spacial score (nSPS) is 17.5. The second-order valence-electron chi connectivity index (χ2n) is 4.89. The van der Waals surface area contributed by atoms with Crippen LogP contribution in [0.3, 0.4) is 0 Å². The topological polar surface area (TPSA) is 60.2 Å². The molecule has 1 unspecified atom stereocenters. The van der Waals surface area contributed by atoms with Crippen molar-refractivity contribution in [1.82, 2.24) is 14.8 Å². The van der Waals surface area contributed by atoms with Crippen LogP contribution in [0.25, 0.3) is 0 Å². The smallest absolute Gasteiger partial charge is 0.170 e. The number of nitrogens with zero attached hydrogens (tertiary/aromatic N) is 3. The van der Waals surface area contributed by atoms with E-state index in [4.69, 9.17) is 4.74 Å². The molecule has 0 amide bonds. The molecule has 5 heteroatoms. The van der Waals surface area contributed by atoms with Crippen molar-refractivity contribution >= 4 is 0 Å². The number of benzene rings is 1. The fourth-order valence-electron chi connectivity index (χ4n) is 2.45. The fourth-order valence-corrected chi connectivity index (χ4v) is 2.45. The molecule has 3 rings (SSSR count). The Hall–Kier alpha value is -1.88. The van der Waals surface area contributed by atoms with Gasteiger partial charge in [0.15, 0.2) is 5.82 Å². The molecule has 1 atom stereocenters. The highest BCUT2D eigenvalue weighted by atomic mass is 16.5. The number of rotatable bonds is 3. The number of aliphatic hydroxyl groups excluding tert-OH is 1. The molecule has 0 aliphatic heterocycles. The number of aliphatic hydroxyl groups is 1. The van der Waals surface area contributed by atoms with Gasteiger partial charge >= 0.3 is 0 Å². The van der Waals surface area contributed by atoms with Crippen LogP contribution in [-0.2, 0) is 20.1 Å². The van der Waals surface area contributed by atoms with Crippen LogP contribution in [0.15, 0.2) is 18.2 Å². The van der Waals surface area contributed by atoms with Gasteiger partial charge in [0.1, 0.15) is 18.2 Å². The van der Waals surface area contributed by atoms with Gasteiger partial charge in [-0.1, -0.05) is 12.1 Å². The minimum absolute atomic E-state index is 0.351. The van der Waals surface area contributed by atoms with E-state index in [1.807, 2.05) is 36.7 Å². The Morgan fingerprint density at radius 1 is 1.42 bits per heavy atom. The van der Waals surface area contributed by atoms with Crippen LogP contribution in [0.1, 0.15) is 35.3 Å². The van der Waals surface area contributed by atoms with Gasteiger partial charge < -0.3 is 14.4 Å². The summed E-state index contributed by atoms with van der Waals surface area (Å²) < 4.78 is 7.76. The molecule has 1 aliphatic rings. The van der Waals surface area contributed by atoms with E-state index in [0.717, 1.165) is 41.4 Å². The Morgan fingerprint density at radius 3 is 3.00 bits per heavy atom. The zero-order chi connectivity index (χ0) is 13.4. The molecule has 0 saturated heterocycles. The van der Waals surface area contributed by atoms with Crippen LogP contribution < -0.4 is 4.74 Å². The minimum Gasteiger partial charge on any atom is -0.485 e. The Bertz CT molecular complexity index is 607. The van der Waals surface area contributed by atoms with Crippen molar-refractivity contribution in [2.45, 2.75) is 32.5 Å². The average molecular weight is 259 g/mol. The van der Waals surface area contributed by atoms with E-state index in [2.05, 4.69) is 10.2 Å². The first-order chi connectivity index (χ1) is 9.16. The standard InChI is InChI=1S/C14H17N3O2/c1-9-15-16-14(17(9)2)8-19-13-5-3-4-10-11(13)6-7-12(10)18/h3-5,12,18H,6-8H2,1-2H3. The lowest BCUT2D eigenvalue weighted by atomic mass is 10.1. The van der Waals surface area contributed by atoms with Crippen molar-refractivity contribution in [3.63, 3.8) is 0 Å². The van der Waals surface area contributed by atoms with Crippen LogP contribution in [0.4, 0.5) is 0 Å². The van der Waals surface area contributed by atoms with Gasteiger partial charge in [-0.3, -0.25) is 0 Å². The second kappa shape index (κ2) is 4.66. The maximum atomic E-state index is 9.86. The number of hydrogen-bond donors (Lipinski definition) is 1. The predicted molar refractivity (Wildman–Crippen MR) is 69.8 cm³/mol.